The van der Waals surface area contributed by atoms with Gasteiger partial charge in [-0.05, 0) is 37.0 Å². The first-order valence-corrected chi connectivity index (χ1v) is 9.53. The van der Waals surface area contributed by atoms with Crippen LogP contribution in [0.5, 0.6) is 0 Å². The molecule has 1 aromatic rings. The molecule has 0 saturated heterocycles. The summed E-state index contributed by atoms with van der Waals surface area (Å²) in [4.78, 5) is 12.2. The van der Waals surface area contributed by atoms with E-state index in [-0.39, 0.29) is 12.3 Å². The second-order valence-electron chi connectivity index (χ2n) is 6.32. The van der Waals surface area contributed by atoms with Crippen molar-refractivity contribution < 1.29 is 14.1 Å². The third-order valence-electron chi connectivity index (χ3n) is 4.35. The van der Waals surface area contributed by atoms with Crippen LogP contribution in [0.25, 0.3) is 0 Å². The molecule has 2 N–H and O–H groups in total. The number of rotatable bonds is 5. The van der Waals surface area contributed by atoms with Gasteiger partial charge in [-0.25, -0.2) is 0 Å². The van der Waals surface area contributed by atoms with Crippen LogP contribution in [-0.2, 0) is 21.3 Å². The fourth-order valence-electron chi connectivity index (χ4n) is 3.07. The number of aliphatic hydroxyl groups is 1. The third kappa shape index (κ3) is 4.65. The Morgan fingerprint density at radius 1 is 1.32 bits per heavy atom. The summed E-state index contributed by atoms with van der Waals surface area (Å²) in [5.41, 5.74) is 1.82. The molecule has 1 atom stereocenters. The lowest BCUT2D eigenvalue weighted by Gasteiger charge is -2.31. The molecule has 2 rings (SSSR count). The molecule has 0 radical (unpaired) electrons. The molecular formula is C17H25NO3S. The predicted molar refractivity (Wildman–Crippen MR) is 90.2 cm³/mol. The van der Waals surface area contributed by atoms with Gasteiger partial charge in [-0.3, -0.25) is 9.00 Å². The average Bonchev–Trinajstić information content (AvgIpc) is 2.43. The molecule has 1 fully saturated rings. The Labute approximate surface area is 134 Å². The number of hydrogen-bond acceptors (Lipinski definition) is 3. The molecule has 22 heavy (non-hydrogen) atoms. The van der Waals surface area contributed by atoms with Crippen LogP contribution in [0.2, 0.25) is 0 Å². The maximum Gasteiger partial charge on any atom is 0.227 e. The standard InChI is InChI=1S/C17H25NO3S/c1-13-14(12-22(2)21)7-6-8-15(13)18-16(19)11-17(20)9-4-3-5-10-17/h6-8,20H,3-5,9-12H2,1-2H3,(H,18,19). The normalized spacial score (nSPS) is 18.7. The minimum Gasteiger partial charge on any atom is -0.389 e. The van der Waals surface area contributed by atoms with Gasteiger partial charge in [-0.15, -0.1) is 0 Å². The summed E-state index contributed by atoms with van der Waals surface area (Å²) < 4.78 is 11.4. The second kappa shape index (κ2) is 7.38. The summed E-state index contributed by atoms with van der Waals surface area (Å²) in [6.07, 6.45) is 6.34. The number of nitrogens with one attached hydrogen (secondary N) is 1. The van der Waals surface area contributed by atoms with E-state index in [0.717, 1.165) is 36.1 Å². The lowest BCUT2D eigenvalue weighted by Crippen LogP contribution is -2.36. The van der Waals surface area contributed by atoms with Gasteiger partial charge in [-0.1, -0.05) is 31.4 Å². The smallest absolute Gasteiger partial charge is 0.227 e. The topological polar surface area (TPSA) is 66.4 Å². The van der Waals surface area contributed by atoms with Crippen molar-refractivity contribution >= 4 is 22.4 Å². The van der Waals surface area contributed by atoms with Crippen molar-refractivity contribution in [1.29, 1.82) is 0 Å². The first-order valence-electron chi connectivity index (χ1n) is 7.80. The highest BCUT2D eigenvalue weighted by molar-refractivity contribution is 7.83. The van der Waals surface area contributed by atoms with E-state index in [4.69, 9.17) is 0 Å². The Kier molecular flexibility index (Phi) is 5.75. The molecule has 0 heterocycles. The van der Waals surface area contributed by atoms with Gasteiger partial charge in [0.05, 0.1) is 12.0 Å². The molecule has 0 aliphatic heterocycles. The molecule has 1 aliphatic rings. The van der Waals surface area contributed by atoms with Crippen LogP contribution in [0, 0.1) is 6.92 Å². The summed E-state index contributed by atoms with van der Waals surface area (Å²) in [5, 5.41) is 13.4. The van der Waals surface area contributed by atoms with Crippen LogP contribution < -0.4 is 5.32 Å². The van der Waals surface area contributed by atoms with E-state index in [1.165, 1.54) is 0 Å². The van der Waals surface area contributed by atoms with Crippen LogP contribution in [0.1, 0.15) is 49.7 Å². The van der Waals surface area contributed by atoms with E-state index >= 15 is 0 Å². The maximum atomic E-state index is 12.2. The Balaban J connectivity index is 2.03. The van der Waals surface area contributed by atoms with Crippen LogP contribution in [0.3, 0.4) is 0 Å². The lowest BCUT2D eigenvalue weighted by atomic mass is 9.82. The fourth-order valence-corrected chi connectivity index (χ4v) is 3.82. The molecule has 1 unspecified atom stereocenters. The monoisotopic (exact) mass is 323 g/mol. The number of carbonyl (C=O) groups is 1. The zero-order valence-electron chi connectivity index (χ0n) is 13.4. The van der Waals surface area contributed by atoms with E-state index < -0.39 is 16.4 Å². The minimum absolute atomic E-state index is 0.149. The van der Waals surface area contributed by atoms with Crippen molar-refractivity contribution in [3.8, 4) is 0 Å². The van der Waals surface area contributed by atoms with E-state index in [1.807, 2.05) is 25.1 Å². The third-order valence-corrected chi connectivity index (χ3v) is 5.07. The lowest BCUT2D eigenvalue weighted by molar-refractivity contribution is -0.122. The molecule has 1 aliphatic carbocycles. The van der Waals surface area contributed by atoms with Crippen molar-refractivity contribution in [3.63, 3.8) is 0 Å². The molecular weight excluding hydrogens is 298 g/mol. The van der Waals surface area contributed by atoms with Crippen LogP contribution in [0.15, 0.2) is 18.2 Å². The molecule has 5 heteroatoms. The Bertz CT molecular complexity index is 565. The van der Waals surface area contributed by atoms with Crippen molar-refractivity contribution in [3.05, 3.63) is 29.3 Å². The zero-order valence-corrected chi connectivity index (χ0v) is 14.2. The number of carbonyl (C=O) groups excluding carboxylic acids is 1. The van der Waals surface area contributed by atoms with Gasteiger partial charge in [0.25, 0.3) is 0 Å². The number of benzene rings is 1. The van der Waals surface area contributed by atoms with Crippen molar-refractivity contribution in [2.75, 3.05) is 11.6 Å². The number of anilines is 1. The fraction of sp³-hybridized carbons (Fsp3) is 0.588. The molecule has 1 aromatic carbocycles. The van der Waals surface area contributed by atoms with Gasteiger partial charge in [0.1, 0.15) is 0 Å². The summed E-state index contributed by atoms with van der Waals surface area (Å²) in [7, 11) is -0.913. The number of amides is 1. The molecule has 1 saturated carbocycles. The van der Waals surface area contributed by atoms with Gasteiger partial charge in [0.15, 0.2) is 0 Å². The quantitative estimate of drug-likeness (QED) is 0.875. The second-order valence-corrected chi connectivity index (χ2v) is 7.75. The highest BCUT2D eigenvalue weighted by Crippen LogP contribution is 2.31. The largest absolute Gasteiger partial charge is 0.389 e. The average molecular weight is 323 g/mol. The van der Waals surface area contributed by atoms with E-state index in [9.17, 15) is 14.1 Å². The Morgan fingerprint density at radius 2 is 2.00 bits per heavy atom. The van der Waals surface area contributed by atoms with E-state index in [1.54, 1.807) is 6.26 Å². The zero-order chi connectivity index (χ0) is 16.2. The molecule has 0 bridgehead atoms. The van der Waals surface area contributed by atoms with Crippen molar-refractivity contribution in [2.24, 2.45) is 0 Å². The highest BCUT2D eigenvalue weighted by atomic mass is 32.2. The SMILES string of the molecule is Cc1c(CS(C)=O)cccc1NC(=O)CC1(O)CCCCC1. The van der Waals surface area contributed by atoms with Gasteiger partial charge in [0.2, 0.25) is 5.91 Å². The molecule has 0 aromatic heterocycles. The molecule has 122 valence electrons. The Hall–Kier alpha value is -1.20. The van der Waals surface area contributed by atoms with Crippen LogP contribution >= 0.6 is 0 Å². The van der Waals surface area contributed by atoms with Crippen LogP contribution in [0.4, 0.5) is 5.69 Å². The molecule has 4 nitrogen and oxygen atoms in total. The van der Waals surface area contributed by atoms with Gasteiger partial charge >= 0.3 is 0 Å². The molecule has 0 spiro atoms. The Morgan fingerprint density at radius 3 is 2.64 bits per heavy atom. The predicted octanol–water partition coefficient (Wildman–Crippen LogP) is 2.90. The van der Waals surface area contributed by atoms with Gasteiger partial charge in [0, 0.05) is 28.5 Å². The van der Waals surface area contributed by atoms with Crippen molar-refractivity contribution in [2.45, 2.75) is 56.8 Å². The summed E-state index contributed by atoms with van der Waals surface area (Å²) in [5.74, 6) is 0.335. The van der Waals surface area contributed by atoms with Crippen molar-refractivity contribution in [1.82, 2.24) is 0 Å². The van der Waals surface area contributed by atoms with Crippen LogP contribution in [-0.4, -0.2) is 27.1 Å². The summed E-state index contributed by atoms with van der Waals surface area (Å²) in [6.45, 7) is 1.92. The maximum absolute atomic E-state index is 12.2. The first kappa shape index (κ1) is 17.2. The highest BCUT2D eigenvalue weighted by Gasteiger charge is 2.31. The minimum atomic E-state index is -0.913. The van der Waals surface area contributed by atoms with Gasteiger partial charge in [-0.2, -0.15) is 0 Å². The van der Waals surface area contributed by atoms with E-state index in [2.05, 4.69) is 5.32 Å². The van der Waals surface area contributed by atoms with Gasteiger partial charge < -0.3 is 10.4 Å². The summed E-state index contributed by atoms with van der Waals surface area (Å²) >= 11 is 0. The first-order chi connectivity index (χ1) is 10.4. The summed E-state index contributed by atoms with van der Waals surface area (Å²) in [6, 6.07) is 5.64. The number of hydrogen-bond donors (Lipinski definition) is 2. The molecule has 1 amide bonds. The van der Waals surface area contributed by atoms with E-state index in [0.29, 0.717) is 18.6 Å².